The fraction of sp³-hybridized carbons (Fsp3) is 0.273. The molecule has 0 saturated heterocycles. The minimum atomic E-state index is -1.36. The summed E-state index contributed by atoms with van der Waals surface area (Å²) in [6.45, 7) is 11.1. The number of hydrogen-bond acceptors (Lipinski definition) is 4. The van der Waals surface area contributed by atoms with Gasteiger partial charge in [-0.05, 0) is 105 Å². The molecule has 0 fully saturated rings. The van der Waals surface area contributed by atoms with Crippen molar-refractivity contribution in [3.63, 3.8) is 0 Å². The second kappa shape index (κ2) is 10.7. The van der Waals surface area contributed by atoms with Crippen molar-refractivity contribution >= 4 is 28.2 Å². The number of carbonyl (C=O) groups excluding carboxylic acids is 1. The van der Waals surface area contributed by atoms with Gasteiger partial charge in [0.15, 0.2) is 5.78 Å². The fourth-order valence-corrected chi connectivity index (χ4v) is 4.64. The van der Waals surface area contributed by atoms with Crippen molar-refractivity contribution in [3.8, 4) is 23.0 Å². The molecule has 0 radical (unpaired) electrons. The number of aliphatic hydroxyl groups is 1. The van der Waals surface area contributed by atoms with Crippen LogP contribution in [0.4, 0.5) is 0 Å². The fourth-order valence-electron chi connectivity index (χ4n) is 4.51. The summed E-state index contributed by atoms with van der Waals surface area (Å²) in [4.78, 5) is 17.1. The van der Waals surface area contributed by atoms with E-state index in [9.17, 15) is 9.90 Å². The van der Waals surface area contributed by atoms with Gasteiger partial charge < -0.3 is 9.84 Å². The van der Waals surface area contributed by atoms with Crippen molar-refractivity contribution in [2.45, 2.75) is 58.8 Å². The molecule has 1 aromatic heterocycles. The maximum absolute atomic E-state index is 13.0. The zero-order valence-electron chi connectivity index (χ0n) is 22.6. The van der Waals surface area contributed by atoms with E-state index in [2.05, 4.69) is 22.9 Å². The number of carbonyl (C=O) groups is 1. The molecule has 5 heteroatoms. The van der Waals surface area contributed by atoms with Gasteiger partial charge in [-0.2, -0.15) is 0 Å². The number of rotatable bonds is 5. The number of pyridine rings is 1. The summed E-state index contributed by atoms with van der Waals surface area (Å²) in [7, 11) is 0. The molecule has 0 saturated carbocycles. The lowest BCUT2D eigenvalue weighted by molar-refractivity contribution is -0.138. The number of fused-ring (bicyclic) bond motifs is 1. The molecule has 2 atom stereocenters. The number of aromatic nitrogens is 1. The van der Waals surface area contributed by atoms with Crippen LogP contribution in [0.15, 0.2) is 73.1 Å². The molecule has 0 bridgehead atoms. The van der Waals surface area contributed by atoms with E-state index in [1.165, 1.54) is 0 Å². The van der Waals surface area contributed by atoms with Gasteiger partial charge in [0, 0.05) is 28.5 Å². The van der Waals surface area contributed by atoms with Crippen molar-refractivity contribution < 1.29 is 14.6 Å². The lowest BCUT2D eigenvalue weighted by Gasteiger charge is -2.29. The Morgan fingerprint density at radius 3 is 2.37 bits per heavy atom. The highest BCUT2D eigenvalue weighted by molar-refractivity contribution is 6.30. The highest BCUT2D eigenvalue weighted by Gasteiger charge is 2.29. The van der Waals surface area contributed by atoms with E-state index >= 15 is 0 Å². The van der Waals surface area contributed by atoms with E-state index in [1.807, 2.05) is 70.2 Å². The minimum Gasteiger partial charge on any atom is -0.374 e. The van der Waals surface area contributed by atoms with Crippen LogP contribution >= 0.6 is 11.6 Å². The van der Waals surface area contributed by atoms with E-state index in [1.54, 1.807) is 38.4 Å². The van der Waals surface area contributed by atoms with Crippen LogP contribution in [-0.4, -0.2) is 21.5 Å². The average molecular weight is 526 g/mol. The molecule has 1 N–H and O–H groups in total. The number of ether oxygens (including phenoxy) is 1. The SMILES string of the molecule is CC(=O)[C@@H](OC(C)(C)C)c1c(C)cc2ccc(C#CC(C)(O)c3cccnc3)cc2c1-c1ccc(Cl)cc1. The molecule has 0 spiro atoms. The molecule has 0 aliphatic heterocycles. The first kappa shape index (κ1) is 27.5. The van der Waals surface area contributed by atoms with E-state index < -0.39 is 17.3 Å². The Bertz CT molecular complexity index is 1540. The molecule has 0 aliphatic carbocycles. The third-order valence-corrected chi connectivity index (χ3v) is 6.55. The average Bonchev–Trinajstić information content (AvgIpc) is 2.86. The zero-order valence-corrected chi connectivity index (χ0v) is 23.4. The van der Waals surface area contributed by atoms with Crippen LogP contribution in [0.1, 0.15) is 63.0 Å². The highest BCUT2D eigenvalue weighted by atomic mass is 35.5. The third kappa shape index (κ3) is 6.14. The first-order chi connectivity index (χ1) is 17.9. The van der Waals surface area contributed by atoms with Gasteiger partial charge in [0.2, 0.25) is 0 Å². The molecule has 194 valence electrons. The van der Waals surface area contributed by atoms with E-state index in [4.69, 9.17) is 16.3 Å². The molecule has 1 heterocycles. The largest absolute Gasteiger partial charge is 0.374 e. The number of nitrogens with zero attached hydrogens (tertiary/aromatic N) is 1. The molecular weight excluding hydrogens is 494 g/mol. The zero-order chi connectivity index (χ0) is 27.7. The van der Waals surface area contributed by atoms with Crippen LogP contribution in [0, 0.1) is 18.8 Å². The van der Waals surface area contributed by atoms with Gasteiger partial charge in [0.05, 0.1) is 5.60 Å². The summed E-state index contributed by atoms with van der Waals surface area (Å²) < 4.78 is 6.33. The van der Waals surface area contributed by atoms with Crippen molar-refractivity contribution in [1.29, 1.82) is 0 Å². The Balaban J connectivity index is 1.96. The molecule has 4 aromatic rings. The lowest BCUT2D eigenvalue weighted by Crippen LogP contribution is -2.27. The van der Waals surface area contributed by atoms with Crippen molar-refractivity contribution in [1.82, 2.24) is 4.98 Å². The van der Waals surface area contributed by atoms with Gasteiger partial charge >= 0.3 is 0 Å². The molecule has 3 aromatic carbocycles. The Kier molecular flexibility index (Phi) is 7.76. The molecule has 0 aliphatic rings. The summed E-state index contributed by atoms with van der Waals surface area (Å²) in [5, 5.41) is 13.5. The van der Waals surface area contributed by atoms with Crippen LogP contribution in [0.5, 0.6) is 0 Å². The quantitative estimate of drug-likeness (QED) is 0.273. The van der Waals surface area contributed by atoms with Gasteiger partial charge in [-0.25, -0.2) is 0 Å². The van der Waals surface area contributed by atoms with Gasteiger partial charge in [0.1, 0.15) is 11.7 Å². The Morgan fingerprint density at radius 2 is 1.76 bits per heavy atom. The Hall–Kier alpha value is -3.49. The summed E-state index contributed by atoms with van der Waals surface area (Å²) >= 11 is 6.22. The van der Waals surface area contributed by atoms with Gasteiger partial charge in [-0.3, -0.25) is 9.78 Å². The minimum absolute atomic E-state index is 0.0685. The van der Waals surface area contributed by atoms with Gasteiger partial charge in [0.25, 0.3) is 0 Å². The van der Waals surface area contributed by atoms with Gasteiger partial charge in [-0.1, -0.05) is 53.8 Å². The number of aryl methyl sites for hydroxylation is 1. The van der Waals surface area contributed by atoms with Crippen LogP contribution in [-0.2, 0) is 15.1 Å². The predicted molar refractivity (Wildman–Crippen MR) is 154 cm³/mol. The molecule has 4 rings (SSSR count). The maximum atomic E-state index is 13.0. The van der Waals surface area contributed by atoms with Crippen LogP contribution < -0.4 is 0 Å². The monoisotopic (exact) mass is 525 g/mol. The van der Waals surface area contributed by atoms with Crippen molar-refractivity contribution in [2.24, 2.45) is 0 Å². The first-order valence-corrected chi connectivity index (χ1v) is 12.9. The molecule has 38 heavy (non-hydrogen) atoms. The molecule has 0 amide bonds. The molecular formula is C33H32ClNO3. The second-order valence-electron chi connectivity index (χ2n) is 10.7. The predicted octanol–water partition coefficient (Wildman–Crippen LogP) is 7.57. The van der Waals surface area contributed by atoms with E-state index in [0.29, 0.717) is 10.6 Å². The Morgan fingerprint density at radius 1 is 1.05 bits per heavy atom. The first-order valence-electron chi connectivity index (χ1n) is 12.5. The maximum Gasteiger partial charge on any atom is 0.163 e. The summed E-state index contributed by atoms with van der Waals surface area (Å²) in [5.41, 5.74) is 3.10. The highest BCUT2D eigenvalue weighted by Crippen LogP contribution is 2.41. The molecule has 4 nitrogen and oxygen atoms in total. The van der Waals surface area contributed by atoms with Crippen molar-refractivity contribution in [3.05, 3.63) is 100 Å². The number of Topliss-reactive ketones (excluding diaryl/α,β-unsaturated/α-hetero) is 1. The lowest BCUT2D eigenvalue weighted by atomic mass is 9.85. The summed E-state index contributed by atoms with van der Waals surface area (Å²) in [6, 6.07) is 19.2. The summed E-state index contributed by atoms with van der Waals surface area (Å²) in [6.07, 6.45) is 2.53. The van der Waals surface area contributed by atoms with Gasteiger partial charge in [-0.15, -0.1) is 0 Å². The number of halogens is 1. The number of benzene rings is 3. The van der Waals surface area contributed by atoms with Crippen molar-refractivity contribution in [2.75, 3.05) is 0 Å². The topological polar surface area (TPSA) is 59.4 Å². The third-order valence-electron chi connectivity index (χ3n) is 6.30. The van der Waals surface area contributed by atoms with Crippen LogP contribution in [0.25, 0.3) is 21.9 Å². The standard InChI is InChI=1S/C33H32ClNO3/c1-21-18-25-10-9-23(15-16-33(6,37)26-8-7-17-35-20-26)19-28(25)30(24-11-13-27(34)14-12-24)29(21)31(22(2)36)38-32(3,4)5/h7-14,17-20,31,37H,1-6H3/t31-,33?/m1/s1. The van der Waals surface area contributed by atoms with Crippen LogP contribution in [0.2, 0.25) is 5.02 Å². The summed E-state index contributed by atoms with van der Waals surface area (Å²) in [5.74, 6) is 6.06. The number of hydrogen-bond donors (Lipinski definition) is 1. The number of ketones is 1. The Labute approximate surface area is 229 Å². The molecule has 1 unspecified atom stereocenters. The van der Waals surface area contributed by atoms with E-state index in [0.717, 1.165) is 38.6 Å². The normalized spacial score (nSPS) is 13.9. The van der Waals surface area contributed by atoms with Crippen LogP contribution in [0.3, 0.4) is 0 Å². The van der Waals surface area contributed by atoms with E-state index in [-0.39, 0.29) is 5.78 Å². The second-order valence-corrected chi connectivity index (χ2v) is 11.1. The smallest absolute Gasteiger partial charge is 0.163 e.